The Kier molecular flexibility index (Phi) is 2.01. The van der Waals surface area contributed by atoms with E-state index in [1.807, 2.05) is 24.3 Å². The maximum atomic E-state index is 11.3. The van der Waals surface area contributed by atoms with Crippen molar-refractivity contribution in [3.63, 3.8) is 0 Å². The van der Waals surface area contributed by atoms with Crippen molar-refractivity contribution in [1.29, 1.82) is 0 Å². The van der Waals surface area contributed by atoms with Gasteiger partial charge in [0.05, 0.1) is 5.69 Å². The maximum Gasteiger partial charge on any atom is 0.225 e. The van der Waals surface area contributed by atoms with Crippen LogP contribution in [0.4, 0.5) is 5.69 Å². The highest BCUT2D eigenvalue weighted by Gasteiger charge is 2.29. The van der Waals surface area contributed by atoms with E-state index in [1.54, 1.807) is 4.90 Å². The van der Waals surface area contributed by atoms with Gasteiger partial charge in [-0.05, 0) is 12.1 Å². The van der Waals surface area contributed by atoms with Crippen LogP contribution in [0, 0.1) is 0 Å². The number of nitrogens with zero attached hydrogens (tertiary/aromatic N) is 1. The van der Waals surface area contributed by atoms with Gasteiger partial charge in [0.1, 0.15) is 5.50 Å². The van der Waals surface area contributed by atoms with Gasteiger partial charge in [-0.1, -0.05) is 23.9 Å². The lowest BCUT2D eigenvalue weighted by atomic mass is 10.3. The quantitative estimate of drug-likeness (QED) is 0.678. The Hall–Kier alpha value is -1.00. The second-order valence-corrected chi connectivity index (χ2v) is 4.02. The van der Waals surface area contributed by atoms with E-state index in [4.69, 9.17) is 5.73 Å². The van der Waals surface area contributed by atoms with Gasteiger partial charge in [0.2, 0.25) is 5.91 Å². The summed E-state index contributed by atoms with van der Waals surface area (Å²) in [6.07, 6.45) is 0. The lowest BCUT2D eigenvalue weighted by Gasteiger charge is -2.18. The molecule has 0 fully saturated rings. The highest BCUT2D eigenvalue weighted by atomic mass is 32.2. The van der Waals surface area contributed by atoms with Crippen LogP contribution in [0.1, 0.15) is 6.92 Å². The van der Waals surface area contributed by atoms with Crippen LogP contribution < -0.4 is 10.6 Å². The molecule has 1 heterocycles. The van der Waals surface area contributed by atoms with Crippen molar-refractivity contribution in [2.24, 2.45) is 5.73 Å². The normalized spacial score (nSPS) is 20.2. The standard InChI is InChI=1S/C9H10N2OS/c1-6(12)11-7-4-2-3-5-8(7)13-9(11)10/h2-5,9H,10H2,1H3. The van der Waals surface area contributed by atoms with Crippen molar-refractivity contribution in [1.82, 2.24) is 0 Å². The summed E-state index contributed by atoms with van der Waals surface area (Å²) >= 11 is 1.51. The molecule has 1 amide bonds. The lowest BCUT2D eigenvalue weighted by Crippen LogP contribution is -2.39. The first-order chi connectivity index (χ1) is 6.20. The number of amides is 1. The number of thioether (sulfide) groups is 1. The Bertz CT molecular complexity index is 353. The lowest BCUT2D eigenvalue weighted by molar-refractivity contribution is -0.116. The van der Waals surface area contributed by atoms with Gasteiger partial charge in [0.15, 0.2) is 0 Å². The molecule has 13 heavy (non-hydrogen) atoms. The van der Waals surface area contributed by atoms with E-state index >= 15 is 0 Å². The number of hydrogen-bond donors (Lipinski definition) is 1. The number of nitrogens with two attached hydrogens (primary N) is 1. The van der Waals surface area contributed by atoms with Crippen LogP contribution in [0.25, 0.3) is 0 Å². The molecule has 0 aromatic heterocycles. The first-order valence-corrected chi connectivity index (χ1v) is 4.89. The molecule has 0 aliphatic carbocycles. The second kappa shape index (κ2) is 3.05. The minimum absolute atomic E-state index is 0.00931. The summed E-state index contributed by atoms with van der Waals surface area (Å²) in [6.45, 7) is 1.53. The third kappa shape index (κ3) is 1.32. The third-order valence-corrected chi connectivity index (χ3v) is 3.02. The predicted octanol–water partition coefficient (Wildman–Crippen LogP) is 1.39. The van der Waals surface area contributed by atoms with Crippen LogP contribution in [-0.4, -0.2) is 11.4 Å². The summed E-state index contributed by atoms with van der Waals surface area (Å²) in [5.74, 6) is -0.00931. The van der Waals surface area contributed by atoms with Crippen molar-refractivity contribution in [3.05, 3.63) is 24.3 Å². The number of carbonyl (C=O) groups excluding carboxylic acids is 1. The molecule has 1 atom stereocenters. The average molecular weight is 194 g/mol. The first-order valence-electron chi connectivity index (χ1n) is 4.01. The molecule has 1 unspecified atom stereocenters. The van der Waals surface area contributed by atoms with Crippen LogP contribution in [0.15, 0.2) is 29.2 Å². The predicted molar refractivity (Wildman–Crippen MR) is 53.4 cm³/mol. The fraction of sp³-hybridized carbons (Fsp3) is 0.222. The second-order valence-electron chi connectivity index (χ2n) is 2.87. The van der Waals surface area contributed by atoms with E-state index in [9.17, 15) is 4.79 Å². The van der Waals surface area contributed by atoms with Crippen molar-refractivity contribution < 1.29 is 4.79 Å². The zero-order chi connectivity index (χ0) is 9.42. The highest BCUT2D eigenvalue weighted by molar-refractivity contribution is 8.00. The molecule has 2 N–H and O–H groups in total. The van der Waals surface area contributed by atoms with Crippen molar-refractivity contribution in [3.8, 4) is 0 Å². The van der Waals surface area contributed by atoms with E-state index in [0.717, 1.165) is 10.6 Å². The molecule has 0 spiro atoms. The molecule has 1 aliphatic heterocycles. The van der Waals surface area contributed by atoms with Crippen molar-refractivity contribution in [2.75, 3.05) is 4.90 Å². The van der Waals surface area contributed by atoms with Gasteiger partial charge in [0, 0.05) is 11.8 Å². The number of para-hydroxylation sites is 1. The molecule has 2 rings (SSSR count). The Balaban J connectivity index is 2.46. The maximum absolute atomic E-state index is 11.3. The third-order valence-electron chi connectivity index (χ3n) is 1.97. The molecule has 1 aliphatic rings. The van der Waals surface area contributed by atoms with Gasteiger partial charge < -0.3 is 5.73 Å². The number of carbonyl (C=O) groups is 1. The van der Waals surface area contributed by atoms with E-state index in [1.165, 1.54) is 18.7 Å². The molecular weight excluding hydrogens is 184 g/mol. The summed E-state index contributed by atoms with van der Waals surface area (Å²) in [7, 11) is 0. The Morgan fingerprint density at radius 1 is 1.54 bits per heavy atom. The van der Waals surface area contributed by atoms with Crippen LogP contribution in [0.2, 0.25) is 0 Å². The number of benzene rings is 1. The fourth-order valence-corrected chi connectivity index (χ4v) is 2.50. The number of hydrogen-bond acceptors (Lipinski definition) is 3. The van der Waals surface area contributed by atoms with E-state index in [0.29, 0.717) is 0 Å². The van der Waals surface area contributed by atoms with Gasteiger partial charge in [-0.3, -0.25) is 9.69 Å². The SMILES string of the molecule is CC(=O)N1c2ccccc2SC1N. The van der Waals surface area contributed by atoms with Crippen LogP contribution in [0.3, 0.4) is 0 Å². The monoisotopic (exact) mass is 194 g/mol. The zero-order valence-electron chi connectivity index (χ0n) is 7.23. The van der Waals surface area contributed by atoms with Crippen molar-refractivity contribution >= 4 is 23.4 Å². The Morgan fingerprint density at radius 3 is 2.92 bits per heavy atom. The average Bonchev–Trinajstić information content (AvgIpc) is 2.39. The molecule has 0 radical (unpaired) electrons. The molecule has 1 aromatic rings. The van der Waals surface area contributed by atoms with Gasteiger partial charge in [-0.2, -0.15) is 0 Å². The number of anilines is 1. The first kappa shape index (κ1) is 8.59. The molecule has 0 saturated heterocycles. The van der Waals surface area contributed by atoms with Crippen LogP contribution in [0.5, 0.6) is 0 Å². The highest BCUT2D eigenvalue weighted by Crippen LogP contribution is 2.40. The Labute approximate surface area is 80.9 Å². The smallest absolute Gasteiger partial charge is 0.225 e. The summed E-state index contributed by atoms with van der Waals surface area (Å²) in [4.78, 5) is 13.9. The van der Waals surface area contributed by atoms with Gasteiger partial charge in [-0.25, -0.2) is 0 Å². The Morgan fingerprint density at radius 2 is 2.23 bits per heavy atom. The summed E-state index contributed by atoms with van der Waals surface area (Å²) in [5, 5.41) is 0. The molecular formula is C9H10N2OS. The topological polar surface area (TPSA) is 46.3 Å². The molecule has 3 nitrogen and oxygen atoms in total. The summed E-state index contributed by atoms with van der Waals surface area (Å²) in [5.41, 5.74) is 6.45. The van der Waals surface area contributed by atoms with Gasteiger partial charge >= 0.3 is 0 Å². The van der Waals surface area contributed by atoms with Crippen molar-refractivity contribution in [2.45, 2.75) is 17.3 Å². The summed E-state index contributed by atoms with van der Waals surface area (Å²) < 4.78 is 0. The van der Waals surface area contributed by atoms with E-state index in [2.05, 4.69) is 0 Å². The summed E-state index contributed by atoms with van der Waals surface area (Å²) in [6, 6.07) is 7.74. The fourth-order valence-electron chi connectivity index (χ4n) is 1.42. The molecule has 0 bridgehead atoms. The minimum atomic E-state index is -0.269. The zero-order valence-corrected chi connectivity index (χ0v) is 8.04. The molecule has 0 saturated carbocycles. The van der Waals surface area contributed by atoms with Gasteiger partial charge in [0.25, 0.3) is 0 Å². The number of fused-ring (bicyclic) bond motifs is 1. The number of rotatable bonds is 0. The van der Waals surface area contributed by atoms with Gasteiger partial charge in [-0.15, -0.1) is 0 Å². The largest absolute Gasteiger partial charge is 0.302 e. The van der Waals surface area contributed by atoms with E-state index in [-0.39, 0.29) is 11.4 Å². The molecule has 1 aromatic carbocycles. The van der Waals surface area contributed by atoms with Crippen LogP contribution in [-0.2, 0) is 4.79 Å². The van der Waals surface area contributed by atoms with E-state index < -0.39 is 0 Å². The molecule has 4 heteroatoms. The minimum Gasteiger partial charge on any atom is -0.302 e. The molecule has 68 valence electrons. The van der Waals surface area contributed by atoms with Crippen LogP contribution >= 0.6 is 11.8 Å².